The SMILES string of the molecule is C[C@H](NP(=O)(OC[C@H]1O[C@@H](n2cnc(C(N)=O)n2)[C@H](O)[C@@H]1O)Oc1cccc2ccccc12)C(=O)OCc1ccccc1. The molecule has 0 radical (unpaired) electrons. The summed E-state index contributed by atoms with van der Waals surface area (Å²) in [5.41, 5.74) is 5.95. The normalized spacial score (nSPS) is 22.1. The van der Waals surface area contributed by atoms with E-state index in [1.165, 1.54) is 6.92 Å². The van der Waals surface area contributed by atoms with Crippen molar-refractivity contribution >= 4 is 30.4 Å². The van der Waals surface area contributed by atoms with Crippen LogP contribution in [0, 0.1) is 0 Å². The van der Waals surface area contributed by atoms with Crippen molar-refractivity contribution in [2.45, 2.75) is 44.1 Å². The van der Waals surface area contributed by atoms with E-state index in [4.69, 9.17) is 24.3 Å². The van der Waals surface area contributed by atoms with Gasteiger partial charge in [0, 0.05) is 5.39 Å². The Morgan fingerprint density at radius 1 is 1.07 bits per heavy atom. The predicted molar refractivity (Wildman–Crippen MR) is 151 cm³/mol. The van der Waals surface area contributed by atoms with Gasteiger partial charge >= 0.3 is 13.7 Å². The molecule has 1 fully saturated rings. The summed E-state index contributed by atoms with van der Waals surface area (Å²) < 4.78 is 37.8. The number of fused-ring (bicyclic) bond motifs is 1. The average Bonchev–Trinajstić information content (AvgIpc) is 3.60. The molecule has 3 aromatic carbocycles. The van der Waals surface area contributed by atoms with Gasteiger partial charge < -0.3 is 29.9 Å². The van der Waals surface area contributed by atoms with Crippen molar-refractivity contribution in [1.29, 1.82) is 0 Å². The number of carbonyl (C=O) groups is 2. The number of rotatable bonds is 12. The van der Waals surface area contributed by atoms with Crippen LogP contribution in [0.15, 0.2) is 79.1 Å². The topological polar surface area (TPSA) is 197 Å². The first-order valence-electron chi connectivity index (χ1n) is 13.3. The highest BCUT2D eigenvalue weighted by Crippen LogP contribution is 2.47. The van der Waals surface area contributed by atoms with Gasteiger partial charge in [-0.05, 0) is 23.9 Å². The zero-order valence-electron chi connectivity index (χ0n) is 22.9. The van der Waals surface area contributed by atoms with Gasteiger partial charge in [-0.2, -0.15) is 5.09 Å². The third-order valence-corrected chi connectivity index (χ3v) is 8.26. The van der Waals surface area contributed by atoms with Crippen molar-refractivity contribution < 1.29 is 42.9 Å². The number of esters is 1. The Hall–Kier alpha value is -4.17. The molecule has 1 aliphatic heterocycles. The minimum atomic E-state index is -4.37. The molecule has 4 aromatic rings. The molecule has 15 heteroatoms. The molecule has 14 nitrogen and oxygen atoms in total. The van der Waals surface area contributed by atoms with E-state index in [0.717, 1.165) is 22.0 Å². The van der Waals surface area contributed by atoms with E-state index in [9.17, 15) is 24.4 Å². The molecule has 226 valence electrons. The van der Waals surface area contributed by atoms with Crippen molar-refractivity contribution in [2.75, 3.05) is 6.61 Å². The molecular formula is C28H30N5O9P. The maximum atomic E-state index is 14.1. The zero-order chi connectivity index (χ0) is 30.6. The molecule has 43 heavy (non-hydrogen) atoms. The van der Waals surface area contributed by atoms with Crippen LogP contribution in [0.2, 0.25) is 0 Å². The number of nitrogens with one attached hydrogen (secondary N) is 1. The van der Waals surface area contributed by atoms with Gasteiger partial charge in [0.1, 0.15) is 43.0 Å². The molecule has 1 aliphatic rings. The first kappa shape index (κ1) is 30.3. The number of primary amides is 1. The highest BCUT2D eigenvalue weighted by molar-refractivity contribution is 7.52. The molecule has 0 bridgehead atoms. The van der Waals surface area contributed by atoms with Crippen molar-refractivity contribution in [2.24, 2.45) is 5.73 Å². The maximum Gasteiger partial charge on any atom is 0.459 e. The smallest absolute Gasteiger partial charge is 0.459 e. The van der Waals surface area contributed by atoms with Crippen LogP contribution in [0.3, 0.4) is 0 Å². The fourth-order valence-corrected chi connectivity index (χ4v) is 5.93. The van der Waals surface area contributed by atoms with E-state index in [1.54, 1.807) is 36.4 Å². The second-order valence-electron chi connectivity index (χ2n) is 9.76. The van der Waals surface area contributed by atoms with E-state index in [-0.39, 0.29) is 18.2 Å². The Balaban J connectivity index is 1.32. The molecule has 6 atom stereocenters. The van der Waals surface area contributed by atoms with E-state index in [2.05, 4.69) is 15.2 Å². The number of hydrogen-bond acceptors (Lipinski definition) is 11. The van der Waals surface area contributed by atoms with Crippen molar-refractivity contribution in [3.05, 3.63) is 90.5 Å². The van der Waals surface area contributed by atoms with Gasteiger partial charge in [-0.25, -0.2) is 14.2 Å². The molecule has 1 unspecified atom stereocenters. The summed E-state index contributed by atoms with van der Waals surface area (Å²) in [7, 11) is -4.37. The second kappa shape index (κ2) is 13.0. The summed E-state index contributed by atoms with van der Waals surface area (Å²) in [4.78, 5) is 27.9. The Morgan fingerprint density at radius 3 is 2.53 bits per heavy atom. The van der Waals surface area contributed by atoms with Crippen molar-refractivity contribution in [1.82, 2.24) is 19.9 Å². The third-order valence-electron chi connectivity index (χ3n) is 6.63. The quantitative estimate of drug-likeness (QED) is 0.135. The maximum absolute atomic E-state index is 14.1. The molecule has 1 saturated heterocycles. The Morgan fingerprint density at radius 2 is 1.79 bits per heavy atom. The van der Waals surface area contributed by atoms with Crippen LogP contribution in [-0.2, 0) is 30.0 Å². The monoisotopic (exact) mass is 611 g/mol. The summed E-state index contributed by atoms with van der Waals surface area (Å²) in [6.07, 6.45) is -4.36. The molecule has 1 amide bonds. The first-order chi connectivity index (χ1) is 20.6. The lowest BCUT2D eigenvalue weighted by molar-refractivity contribution is -0.146. The van der Waals surface area contributed by atoms with Crippen molar-refractivity contribution in [3.63, 3.8) is 0 Å². The largest absolute Gasteiger partial charge is 0.460 e. The molecule has 0 spiro atoms. The summed E-state index contributed by atoms with van der Waals surface area (Å²) in [5.74, 6) is -1.69. The van der Waals surface area contributed by atoms with Gasteiger partial charge in [0.05, 0.1) is 6.61 Å². The number of nitrogens with zero attached hydrogens (tertiary/aromatic N) is 3. The van der Waals surface area contributed by atoms with Crippen LogP contribution >= 0.6 is 7.75 Å². The number of benzene rings is 3. The molecule has 0 aliphatic carbocycles. The van der Waals surface area contributed by atoms with Crippen LogP contribution < -0.4 is 15.3 Å². The number of amides is 1. The summed E-state index contributed by atoms with van der Waals surface area (Å²) >= 11 is 0. The lowest BCUT2D eigenvalue weighted by atomic mass is 10.1. The lowest BCUT2D eigenvalue weighted by Gasteiger charge is -2.25. The van der Waals surface area contributed by atoms with E-state index < -0.39 is 56.8 Å². The van der Waals surface area contributed by atoms with Crippen LogP contribution in [0.5, 0.6) is 5.75 Å². The molecule has 5 rings (SSSR count). The van der Waals surface area contributed by atoms with E-state index in [1.807, 2.05) is 36.4 Å². The number of aromatic nitrogens is 3. The van der Waals surface area contributed by atoms with Crippen LogP contribution in [0.4, 0.5) is 0 Å². The number of carbonyl (C=O) groups excluding carboxylic acids is 2. The fourth-order valence-electron chi connectivity index (χ4n) is 4.41. The van der Waals surface area contributed by atoms with Gasteiger partial charge in [0.15, 0.2) is 6.23 Å². The van der Waals surface area contributed by atoms with Crippen LogP contribution in [0.25, 0.3) is 10.8 Å². The van der Waals surface area contributed by atoms with Crippen molar-refractivity contribution in [3.8, 4) is 5.75 Å². The molecular weight excluding hydrogens is 581 g/mol. The Labute approximate surface area is 245 Å². The summed E-state index contributed by atoms with van der Waals surface area (Å²) in [6, 6.07) is 20.3. The lowest BCUT2D eigenvalue weighted by Crippen LogP contribution is -2.37. The van der Waals surface area contributed by atoms with E-state index >= 15 is 0 Å². The third kappa shape index (κ3) is 7.08. The molecule has 5 N–H and O–H groups in total. The van der Waals surface area contributed by atoms with Gasteiger partial charge in [-0.3, -0.25) is 14.1 Å². The number of hydrogen-bond donors (Lipinski definition) is 4. The van der Waals surface area contributed by atoms with E-state index in [0.29, 0.717) is 5.39 Å². The molecule has 1 aromatic heterocycles. The van der Waals surface area contributed by atoms with Gasteiger partial charge in [-0.1, -0.05) is 66.7 Å². The second-order valence-corrected chi connectivity index (χ2v) is 11.5. The summed E-state index contributed by atoms with van der Waals surface area (Å²) in [5, 5.41) is 29.1. The van der Waals surface area contributed by atoms with Gasteiger partial charge in [0.25, 0.3) is 5.91 Å². The highest BCUT2D eigenvalue weighted by Gasteiger charge is 2.46. The minimum Gasteiger partial charge on any atom is -0.460 e. The van der Waals surface area contributed by atoms with Gasteiger partial charge in [-0.15, -0.1) is 5.10 Å². The van der Waals surface area contributed by atoms with Crippen LogP contribution in [-0.4, -0.2) is 67.8 Å². The standard InChI is InChI=1S/C28H30N5O9P/c1-17(28(37)39-14-18-8-3-2-4-9-18)32-43(38,42-21-13-7-11-19-10-5-6-12-20(19)21)40-15-22-23(34)24(35)27(41-22)33-16-30-26(31-33)25(29)36/h2-13,16-17,22-24,27,34-35H,14-15H2,1H3,(H2,29,36)(H,32,38)/t17-,22+,23+,24+,27+,43?/m0/s1. The number of aliphatic hydroxyl groups excluding tert-OH is 2. The van der Waals surface area contributed by atoms with Gasteiger partial charge in [0.2, 0.25) is 5.82 Å². The predicted octanol–water partition coefficient (Wildman–Crippen LogP) is 2.07. The number of ether oxygens (including phenoxy) is 2. The fraction of sp³-hybridized carbons (Fsp3) is 0.286. The Kier molecular flexibility index (Phi) is 9.16. The summed E-state index contributed by atoms with van der Waals surface area (Å²) in [6.45, 7) is 0.909. The first-order valence-corrected chi connectivity index (χ1v) is 14.8. The average molecular weight is 612 g/mol. The van der Waals surface area contributed by atoms with Crippen LogP contribution in [0.1, 0.15) is 29.3 Å². The minimum absolute atomic E-state index is 0.00215. The molecule has 2 heterocycles. The zero-order valence-corrected chi connectivity index (χ0v) is 23.8. The number of aliphatic hydroxyl groups is 2. The Bertz CT molecular complexity index is 1630. The highest BCUT2D eigenvalue weighted by atomic mass is 31.2. The number of nitrogens with two attached hydrogens (primary N) is 1. The molecule has 0 saturated carbocycles.